The lowest BCUT2D eigenvalue weighted by Gasteiger charge is -1.99. The maximum absolute atomic E-state index is 12.4. The first-order chi connectivity index (χ1) is 11.6. The summed E-state index contributed by atoms with van der Waals surface area (Å²) in [6, 6.07) is 9.33. The van der Waals surface area contributed by atoms with E-state index < -0.39 is 15.7 Å². The average molecular weight is 415 g/mol. The van der Waals surface area contributed by atoms with Crippen molar-refractivity contribution in [2.75, 3.05) is 6.26 Å². The number of carbonyl (C=O) groups is 1. The predicted octanol–water partition coefficient (Wildman–Crippen LogP) is 3.69. The van der Waals surface area contributed by atoms with Gasteiger partial charge in [0.2, 0.25) is 0 Å². The quantitative estimate of drug-likeness (QED) is 0.641. The number of fused-ring (bicyclic) bond motifs is 1. The number of rotatable bonds is 2. The standard InChI is InChI=1S/C16H12Cl2N2O3S2/c1-20-13-4-3-12(25(2,22)23)8-14(13)24-16(20)19-15(21)9-5-10(17)7-11(18)6-9/h3-8H,1-2H3. The normalized spacial score (nSPS) is 12.7. The number of carbonyl (C=O) groups excluding carboxylic acids is 1. The Morgan fingerprint density at radius 1 is 1.12 bits per heavy atom. The van der Waals surface area contributed by atoms with Crippen LogP contribution >= 0.6 is 34.5 Å². The highest BCUT2D eigenvalue weighted by Crippen LogP contribution is 2.22. The molecule has 0 atom stereocenters. The molecular weight excluding hydrogens is 403 g/mol. The first-order valence-corrected chi connectivity index (χ1v) is 10.5. The largest absolute Gasteiger partial charge is 0.319 e. The van der Waals surface area contributed by atoms with E-state index in [4.69, 9.17) is 23.2 Å². The smallest absolute Gasteiger partial charge is 0.279 e. The number of aromatic nitrogens is 1. The molecule has 0 aliphatic heterocycles. The van der Waals surface area contributed by atoms with Crippen molar-refractivity contribution in [1.82, 2.24) is 4.57 Å². The summed E-state index contributed by atoms with van der Waals surface area (Å²) in [4.78, 5) is 17.2. The molecule has 0 fully saturated rings. The minimum Gasteiger partial charge on any atom is -0.319 e. The fourth-order valence-corrected chi connectivity index (χ4v) is 4.58. The molecule has 0 saturated carbocycles. The molecule has 0 bridgehead atoms. The van der Waals surface area contributed by atoms with Crippen LogP contribution in [-0.2, 0) is 16.9 Å². The summed E-state index contributed by atoms with van der Waals surface area (Å²) >= 11 is 13.1. The monoisotopic (exact) mass is 414 g/mol. The van der Waals surface area contributed by atoms with Crippen molar-refractivity contribution in [1.29, 1.82) is 0 Å². The predicted molar refractivity (Wildman–Crippen MR) is 100 cm³/mol. The Labute approximate surface area is 158 Å². The van der Waals surface area contributed by atoms with Crippen LogP contribution in [0.15, 0.2) is 46.3 Å². The van der Waals surface area contributed by atoms with Gasteiger partial charge in [0.05, 0.1) is 15.1 Å². The number of sulfone groups is 1. The van der Waals surface area contributed by atoms with Crippen molar-refractivity contribution in [3.63, 3.8) is 0 Å². The Balaban J connectivity index is 2.13. The fraction of sp³-hybridized carbons (Fsp3) is 0.125. The van der Waals surface area contributed by atoms with Crippen LogP contribution in [0.4, 0.5) is 0 Å². The fourth-order valence-electron chi connectivity index (χ4n) is 2.28. The number of nitrogens with zero attached hydrogens (tertiary/aromatic N) is 2. The van der Waals surface area contributed by atoms with Gasteiger partial charge in [0.1, 0.15) is 0 Å². The Morgan fingerprint density at radius 2 is 1.76 bits per heavy atom. The first-order valence-electron chi connectivity index (χ1n) is 7.00. The van der Waals surface area contributed by atoms with Gasteiger partial charge in [-0.25, -0.2) is 8.42 Å². The molecule has 5 nitrogen and oxygen atoms in total. The highest BCUT2D eigenvalue weighted by Gasteiger charge is 2.12. The third kappa shape index (κ3) is 3.79. The van der Waals surface area contributed by atoms with Crippen molar-refractivity contribution in [2.24, 2.45) is 12.0 Å². The summed E-state index contributed by atoms with van der Waals surface area (Å²) < 4.78 is 25.8. The lowest BCUT2D eigenvalue weighted by Crippen LogP contribution is -2.13. The molecule has 0 aliphatic carbocycles. The van der Waals surface area contributed by atoms with Crippen molar-refractivity contribution >= 4 is 60.5 Å². The van der Waals surface area contributed by atoms with E-state index in [1.807, 2.05) is 0 Å². The third-order valence-corrected chi connectivity index (χ3v) is 6.16. The van der Waals surface area contributed by atoms with Gasteiger partial charge in [-0.2, -0.15) is 4.99 Å². The van der Waals surface area contributed by atoms with E-state index in [0.29, 0.717) is 14.8 Å². The summed E-state index contributed by atoms with van der Waals surface area (Å²) in [5.74, 6) is -0.477. The minimum absolute atomic E-state index is 0.223. The van der Waals surface area contributed by atoms with E-state index in [-0.39, 0.29) is 10.5 Å². The van der Waals surface area contributed by atoms with Crippen LogP contribution in [-0.4, -0.2) is 25.1 Å². The summed E-state index contributed by atoms with van der Waals surface area (Å²) in [5, 5.41) is 0.703. The zero-order valence-corrected chi connectivity index (χ0v) is 16.3. The van der Waals surface area contributed by atoms with Crippen LogP contribution in [0.25, 0.3) is 10.2 Å². The van der Waals surface area contributed by atoms with Gasteiger partial charge in [0.15, 0.2) is 14.6 Å². The number of benzene rings is 2. The minimum atomic E-state index is -3.30. The highest BCUT2D eigenvalue weighted by atomic mass is 35.5. The molecule has 1 heterocycles. The van der Waals surface area contributed by atoms with Crippen LogP contribution in [0.2, 0.25) is 10.0 Å². The van der Waals surface area contributed by atoms with Gasteiger partial charge >= 0.3 is 0 Å². The zero-order chi connectivity index (χ0) is 18.4. The molecule has 0 N–H and O–H groups in total. The number of hydrogen-bond acceptors (Lipinski definition) is 4. The van der Waals surface area contributed by atoms with Gasteiger partial charge in [-0.15, -0.1) is 0 Å². The maximum atomic E-state index is 12.4. The van der Waals surface area contributed by atoms with Crippen molar-refractivity contribution in [3.05, 3.63) is 56.8 Å². The molecule has 130 valence electrons. The Kier molecular flexibility index (Phi) is 4.76. The molecule has 25 heavy (non-hydrogen) atoms. The Morgan fingerprint density at radius 3 is 2.36 bits per heavy atom. The van der Waals surface area contributed by atoms with E-state index in [0.717, 1.165) is 16.5 Å². The summed E-state index contributed by atoms with van der Waals surface area (Å²) in [5.41, 5.74) is 1.07. The van der Waals surface area contributed by atoms with E-state index in [9.17, 15) is 13.2 Å². The van der Waals surface area contributed by atoms with Crippen molar-refractivity contribution in [3.8, 4) is 0 Å². The van der Waals surface area contributed by atoms with Crippen molar-refractivity contribution in [2.45, 2.75) is 4.90 Å². The second-order valence-corrected chi connectivity index (χ2v) is 9.32. The van der Waals surface area contributed by atoms with Gasteiger partial charge in [-0.3, -0.25) is 4.79 Å². The van der Waals surface area contributed by atoms with Gasteiger partial charge < -0.3 is 4.57 Å². The van der Waals surface area contributed by atoms with Gasteiger partial charge in [-0.05, 0) is 36.4 Å². The van der Waals surface area contributed by atoms with Gasteiger partial charge in [0, 0.05) is 28.9 Å². The third-order valence-electron chi connectivity index (χ3n) is 3.52. The van der Waals surface area contributed by atoms with Crippen LogP contribution in [0.5, 0.6) is 0 Å². The van der Waals surface area contributed by atoms with Gasteiger partial charge in [-0.1, -0.05) is 34.5 Å². The molecule has 3 rings (SSSR count). The topological polar surface area (TPSA) is 68.5 Å². The van der Waals surface area contributed by atoms with E-state index in [1.165, 1.54) is 35.6 Å². The molecule has 1 aromatic heterocycles. The molecule has 0 spiro atoms. The van der Waals surface area contributed by atoms with E-state index in [2.05, 4.69) is 4.99 Å². The van der Waals surface area contributed by atoms with Gasteiger partial charge in [0.25, 0.3) is 5.91 Å². The Bertz CT molecular complexity index is 1160. The van der Waals surface area contributed by atoms with E-state index >= 15 is 0 Å². The molecule has 0 unspecified atom stereocenters. The first kappa shape index (κ1) is 18.1. The Hall–Kier alpha value is -1.67. The summed E-state index contributed by atoms with van der Waals surface area (Å²) in [7, 11) is -1.54. The second kappa shape index (κ2) is 6.57. The molecule has 0 radical (unpaired) electrons. The number of aryl methyl sites for hydroxylation is 1. The summed E-state index contributed by atoms with van der Waals surface area (Å²) in [6.45, 7) is 0. The van der Waals surface area contributed by atoms with Crippen LogP contribution in [0, 0.1) is 0 Å². The van der Waals surface area contributed by atoms with Crippen LogP contribution in [0.1, 0.15) is 10.4 Å². The van der Waals surface area contributed by atoms with Crippen LogP contribution in [0.3, 0.4) is 0 Å². The molecular formula is C16H12Cl2N2O3S2. The SMILES string of the molecule is Cn1c(=NC(=O)c2cc(Cl)cc(Cl)c2)sc2cc(S(C)(=O)=O)ccc21. The number of halogens is 2. The zero-order valence-electron chi connectivity index (χ0n) is 13.2. The maximum Gasteiger partial charge on any atom is 0.279 e. The lowest BCUT2D eigenvalue weighted by atomic mass is 10.2. The molecule has 1 amide bonds. The number of thiazole rings is 1. The van der Waals surface area contributed by atoms with E-state index in [1.54, 1.807) is 23.7 Å². The molecule has 9 heteroatoms. The van der Waals surface area contributed by atoms with Crippen molar-refractivity contribution < 1.29 is 13.2 Å². The molecule has 0 saturated heterocycles. The molecule has 2 aromatic carbocycles. The highest BCUT2D eigenvalue weighted by molar-refractivity contribution is 7.90. The van der Waals surface area contributed by atoms with Crippen LogP contribution < -0.4 is 4.80 Å². The average Bonchev–Trinajstić information content (AvgIpc) is 2.81. The summed E-state index contributed by atoms with van der Waals surface area (Å²) in [6.07, 6.45) is 1.15. The number of hydrogen-bond donors (Lipinski definition) is 0. The molecule has 0 aliphatic rings. The lowest BCUT2D eigenvalue weighted by molar-refractivity contribution is 0.0998. The number of amides is 1. The second-order valence-electron chi connectivity index (χ2n) is 5.42. The molecule has 3 aromatic rings.